The molecule has 1 heterocycles. The summed E-state index contributed by atoms with van der Waals surface area (Å²) in [5.74, 6) is -1.08. The lowest BCUT2D eigenvalue weighted by Gasteiger charge is -2.27. The highest BCUT2D eigenvalue weighted by atomic mass is 35.5. The van der Waals surface area contributed by atoms with Crippen molar-refractivity contribution in [3.63, 3.8) is 0 Å². The molecule has 0 bridgehead atoms. The average molecular weight is 255 g/mol. The summed E-state index contributed by atoms with van der Waals surface area (Å²) in [7, 11) is 0. The van der Waals surface area contributed by atoms with Crippen LogP contribution in [0.2, 0.25) is 5.02 Å². The minimum Gasteiger partial charge on any atom is -0.478 e. The van der Waals surface area contributed by atoms with E-state index in [1.54, 1.807) is 11.0 Å². The number of carboxylic acids is 1. The summed E-state index contributed by atoms with van der Waals surface area (Å²) in [6, 6.07) is 4.30. The molecule has 0 atom stereocenters. The Bertz CT molecular complexity index is 476. The fraction of sp³-hybridized carbons (Fsp3) is 0.273. The number of carboxylic acid groups (broad SMARTS) is 1. The Morgan fingerprint density at radius 2 is 2.24 bits per heavy atom. The average Bonchev–Trinajstić information content (AvgIpc) is 2.29. The predicted molar refractivity (Wildman–Crippen MR) is 63.8 cm³/mol. The zero-order valence-corrected chi connectivity index (χ0v) is 9.70. The van der Waals surface area contributed by atoms with Gasteiger partial charge < -0.3 is 10.4 Å². The van der Waals surface area contributed by atoms with E-state index in [0.29, 0.717) is 18.8 Å². The van der Waals surface area contributed by atoms with Gasteiger partial charge in [-0.1, -0.05) is 11.6 Å². The van der Waals surface area contributed by atoms with Crippen molar-refractivity contribution in [1.82, 2.24) is 5.32 Å². The van der Waals surface area contributed by atoms with Gasteiger partial charge in [0, 0.05) is 18.8 Å². The summed E-state index contributed by atoms with van der Waals surface area (Å²) >= 11 is 5.85. The second kappa shape index (κ2) is 4.63. The topological polar surface area (TPSA) is 69.6 Å². The number of hydrogen-bond acceptors (Lipinski definition) is 2. The van der Waals surface area contributed by atoms with Gasteiger partial charge in [0.15, 0.2) is 0 Å². The summed E-state index contributed by atoms with van der Waals surface area (Å²) in [4.78, 5) is 23.9. The molecule has 0 radical (unpaired) electrons. The molecular weight excluding hydrogens is 244 g/mol. The molecule has 2 rings (SSSR count). The van der Waals surface area contributed by atoms with Crippen LogP contribution in [0, 0.1) is 0 Å². The lowest BCUT2D eigenvalue weighted by molar-refractivity contribution is 0.0697. The number of carbonyl (C=O) groups excluding carboxylic acids is 1. The van der Waals surface area contributed by atoms with E-state index in [1.807, 2.05) is 0 Å². The molecule has 1 aliphatic heterocycles. The summed E-state index contributed by atoms with van der Waals surface area (Å²) in [5, 5.41) is 11.7. The van der Waals surface area contributed by atoms with E-state index in [1.165, 1.54) is 12.1 Å². The number of anilines is 1. The van der Waals surface area contributed by atoms with Crippen LogP contribution in [-0.4, -0.2) is 30.2 Å². The van der Waals surface area contributed by atoms with Gasteiger partial charge in [0.25, 0.3) is 0 Å². The largest absolute Gasteiger partial charge is 0.478 e. The van der Waals surface area contributed by atoms with Crippen LogP contribution in [-0.2, 0) is 0 Å². The van der Waals surface area contributed by atoms with E-state index < -0.39 is 5.97 Å². The van der Waals surface area contributed by atoms with Crippen LogP contribution in [0.25, 0.3) is 0 Å². The van der Waals surface area contributed by atoms with Crippen molar-refractivity contribution in [2.24, 2.45) is 0 Å². The first-order valence-electron chi connectivity index (χ1n) is 5.18. The monoisotopic (exact) mass is 254 g/mol. The van der Waals surface area contributed by atoms with Gasteiger partial charge in [0.1, 0.15) is 0 Å². The molecule has 1 aromatic rings. The standard InChI is InChI=1S/C11H11ClN2O3/c12-9-6-7(2-3-8(9)10(15)16)14-5-1-4-13-11(14)17/h2-3,6H,1,4-5H2,(H,13,17)(H,15,16). The predicted octanol–water partition coefficient (Wildman–Crippen LogP) is 1.96. The minimum atomic E-state index is -1.08. The first-order chi connectivity index (χ1) is 8.09. The van der Waals surface area contributed by atoms with Gasteiger partial charge in [0.2, 0.25) is 0 Å². The first-order valence-corrected chi connectivity index (χ1v) is 5.55. The normalized spacial score (nSPS) is 15.6. The van der Waals surface area contributed by atoms with Gasteiger partial charge in [-0.25, -0.2) is 9.59 Å². The fourth-order valence-electron chi connectivity index (χ4n) is 1.72. The molecule has 0 spiro atoms. The van der Waals surface area contributed by atoms with E-state index in [2.05, 4.69) is 5.32 Å². The number of carbonyl (C=O) groups is 2. The molecule has 0 unspecified atom stereocenters. The summed E-state index contributed by atoms with van der Waals surface area (Å²) in [6.45, 7) is 1.27. The van der Waals surface area contributed by atoms with Crippen molar-refractivity contribution in [3.8, 4) is 0 Å². The van der Waals surface area contributed by atoms with Gasteiger partial charge in [-0.2, -0.15) is 0 Å². The van der Waals surface area contributed by atoms with E-state index in [0.717, 1.165) is 6.42 Å². The Labute approximate surface area is 103 Å². The van der Waals surface area contributed by atoms with E-state index in [-0.39, 0.29) is 16.6 Å². The van der Waals surface area contributed by atoms with Crippen LogP contribution in [0.5, 0.6) is 0 Å². The SMILES string of the molecule is O=C(O)c1ccc(N2CCCNC2=O)cc1Cl. The molecule has 1 saturated heterocycles. The number of amides is 2. The molecule has 2 amide bonds. The number of urea groups is 1. The quantitative estimate of drug-likeness (QED) is 0.848. The van der Waals surface area contributed by atoms with E-state index in [9.17, 15) is 9.59 Å². The molecule has 0 aromatic heterocycles. The molecule has 0 aliphatic carbocycles. The van der Waals surface area contributed by atoms with Crippen LogP contribution >= 0.6 is 11.6 Å². The Morgan fingerprint density at radius 1 is 1.47 bits per heavy atom. The summed E-state index contributed by atoms with van der Waals surface area (Å²) in [5.41, 5.74) is 0.644. The molecular formula is C11H11ClN2O3. The number of rotatable bonds is 2. The molecule has 1 aliphatic rings. The van der Waals surface area contributed by atoms with Crippen molar-refractivity contribution in [2.45, 2.75) is 6.42 Å². The van der Waals surface area contributed by atoms with E-state index >= 15 is 0 Å². The molecule has 17 heavy (non-hydrogen) atoms. The second-order valence-electron chi connectivity index (χ2n) is 3.71. The van der Waals surface area contributed by atoms with Gasteiger partial charge >= 0.3 is 12.0 Å². The second-order valence-corrected chi connectivity index (χ2v) is 4.11. The van der Waals surface area contributed by atoms with Crippen molar-refractivity contribution >= 4 is 29.3 Å². The molecule has 1 aromatic carbocycles. The number of hydrogen-bond donors (Lipinski definition) is 2. The third-order valence-corrected chi connectivity index (χ3v) is 2.89. The Kier molecular flexibility index (Phi) is 3.19. The minimum absolute atomic E-state index is 0.0350. The van der Waals surface area contributed by atoms with Gasteiger partial charge in [-0.15, -0.1) is 0 Å². The van der Waals surface area contributed by atoms with Gasteiger partial charge in [-0.05, 0) is 24.6 Å². The molecule has 2 N–H and O–H groups in total. The van der Waals surface area contributed by atoms with E-state index in [4.69, 9.17) is 16.7 Å². The highest BCUT2D eigenvalue weighted by Gasteiger charge is 2.20. The molecule has 1 fully saturated rings. The number of nitrogens with zero attached hydrogens (tertiary/aromatic N) is 1. The molecule has 0 saturated carbocycles. The van der Waals surface area contributed by atoms with Crippen LogP contribution in [0.1, 0.15) is 16.8 Å². The maximum Gasteiger partial charge on any atom is 0.337 e. The van der Waals surface area contributed by atoms with Crippen LogP contribution in [0.3, 0.4) is 0 Å². The van der Waals surface area contributed by atoms with Crippen LogP contribution in [0.4, 0.5) is 10.5 Å². The third-order valence-electron chi connectivity index (χ3n) is 2.57. The highest BCUT2D eigenvalue weighted by molar-refractivity contribution is 6.33. The van der Waals surface area contributed by atoms with Crippen molar-refractivity contribution in [3.05, 3.63) is 28.8 Å². The number of halogens is 1. The molecule has 6 heteroatoms. The molecule has 90 valence electrons. The smallest absolute Gasteiger partial charge is 0.337 e. The van der Waals surface area contributed by atoms with Crippen molar-refractivity contribution < 1.29 is 14.7 Å². The van der Waals surface area contributed by atoms with Crippen molar-refractivity contribution in [1.29, 1.82) is 0 Å². The highest BCUT2D eigenvalue weighted by Crippen LogP contribution is 2.24. The maximum atomic E-state index is 11.6. The number of benzene rings is 1. The lowest BCUT2D eigenvalue weighted by atomic mass is 10.2. The Hall–Kier alpha value is -1.75. The van der Waals surface area contributed by atoms with Gasteiger partial charge in [-0.3, -0.25) is 4.90 Å². The maximum absolute atomic E-state index is 11.6. The Morgan fingerprint density at radius 3 is 2.82 bits per heavy atom. The summed E-state index contributed by atoms with van der Waals surface area (Å²) in [6.07, 6.45) is 0.851. The zero-order valence-electron chi connectivity index (χ0n) is 8.94. The number of nitrogens with one attached hydrogen (secondary N) is 1. The lowest BCUT2D eigenvalue weighted by Crippen LogP contribution is -2.46. The number of aromatic carboxylic acids is 1. The first kappa shape index (κ1) is 11.7. The summed E-state index contributed by atoms with van der Waals surface area (Å²) < 4.78 is 0. The zero-order chi connectivity index (χ0) is 12.4. The Balaban J connectivity index is 2.30. The van der Waals surface area contributed by atoms with Gasteiger partial charge in [0.05, 0.1) is 10.6 Å². The molecule has 5 nitrogen and oxygen atoms in total. The van der Waals surface area contributed by atoms with Crippen LogP contribution < -0.4 is 10.2 Å². The fourth-order valence-corrected chi connectivity index (χ4v) is 1.98. The third kappa shape index (κ3) is 2.34. The van der Waals surface area contributed by atoms with Crippen LogP contribution in [0.15, 0.2) is 18.2 Å². The van der Waals surface area contributed by atoms with Crippen molar-refractivity contribution in [2.75, 3.05) is 18.0 Å².